The Bertz CT molecular complexity index is 385. The zero-order chi connectivity index (χ0) is 14.4. The highest BCUT2D eigenvalue weighted by atomic mass is 15.2. The highest BCUT2D eigenvalue weighted by Crippen LogP contribution is 2.34. The molecule has 1 saturated carbocycles. The molecule has 114 valence electrons. The zero-order valence-corrected chi connectivity index (χ0v) is 13.4. The summed E-state index contributed by atoms with van der Waals surface area (Å²) in [5.41, 5.74) is 1.36. The van der Waals surface area contributed by atoms with Crippen LogP contribution in [0.2, 0.25) is 0 Å². The Morgan fingerprint density at radius 1 is 1.40 bits per heavy atom. The molecule has 1 fully saturated rings. The van der Waals surface area contributed by atoms with Crippen molar-refractivity contribution in [2.24, 2.45) is 18.9 Å². The average molecular weight is 277 g/mol. The first kappa shape index (κ1) is 15.6. The molecule has 3 nitrogen and oxygen atoms in total. The van der Waals surface area contributed by atoms with E-state index in [9.17, 15) is 0 Å². The molecule has 1 aliphatic rings. The minimum atomic E-state index is 0.684. The smallest absolute Gasteiger partial charge is 0.0492 e. The van der Waals surface area contributed by atoms with Gasteiger partial charge in [0.25, 0.3) is 0 Å². The SMILES string of the molecule is CCNC(CCc1ccnn1C)C1CCCC(CC)C1. The van der Waals surface area contributed by atoms with Gasteiger partial charge in [0.05, 0.1) is 0 Å². The molecule has 20 heavy (non-hydrogen) atoms. The fourth-order valence-electron chi connectivity index (χ4n) is 3.79. The van der Waals surface area contributed by atoms with Crippen molar-refractivity contribution in [3.8, 4) is 0 Å². The van der Waals surface area contributed by atoms with E-state index in [0.29, 0.717) is 6.04 Å². The van der Waals surface area contributed by atoms with Crippen LogP contribution < -0.4 is 5.32 Å². The van der Waals surface area contributed by atoms with E-state index in [1.54, 1.807) is 0 Å². The van der Waals surface area contributed by atoms with Crippen molar-refractivity contribution in [2.45, 2.75) is 64.8 Å². The number of aromatic nitrogens is 2. The van der Waals surface area contributed by atoms with E-state index in [4.69, 9.17) is 0 Å². The van der Waals surface area contributed by atoms with E-state index in [0.717, 1.165) is 24.8 Å². The molecule has 1 aliphatic carbocycles. The monoisotopic (exact) mass is 277 g/mol. The molecule has 0 aromatic carbocycles. The normalized spacial score (nSPS) is 24.8. The molecular formula is C17H31N3. The molecule has 1 aromatic heterocycles. The van der Waals surface area contributed by atoms with Gasteiger partial charge in [-0.3, -0.25) is 4.68 Å². The largest absolute Gasteiger partial charge is 0.314 e. The lowest BCUT2D eigenvalue weighted by atomic mass is 9.75. The fourth-order valence-corrected chi connectivity index (χ4v) is 3.79. The molecule has 0 bridgehead atoms. The summed E-state index contributed by atoms with van der Waals surface area (Å²) < 4.78 is 2.01. The molecule has 1 heterocycles. The standard InChI is InChI=1S/C17H31N3/c1-4-14-7-6-8-15(13-14)17(18-5-2)10-9-16-11-12-19-20(16)3/h11-12,14-15,17-18H,4-10,13H2,1-3H3. The lowest BCUT2D eigenvalue weighted by Crippen LogP contribution is -2.39. The number of nitrogens with one attached hydrogen (secondary N) is 1. The summed E-state index contributed by atoms with van der Waals surface area (Å²) >= 11 is 0. The summed E-state index contributed by atoms with van der Waals surface area (Å²) in [6, 6.07) is 2.84. The molecule has 1 N–H and O–H groups in total. The fraction of sp³-hybridized carbons (Fsp3) is 0.824. The van der Waals surface area contributed by atoms with Crippen LogP contribution in [0, 0.1) is 11.8 Å². The molecule has 0 aliphatic heterocycles. The third-order valence-electron chi connectivity index (χ3n) is 5.07. The van der Waals surface area contributed by atoms with E-state index in [1.165, 1.54) is 44.2 Å². The van der Waals surface area contributed by atoms with Gasteiger partial charge in [-0.05, 0) is 50.1 Å². The van der Waals surface area contributed by atoms with Crippen molar-refractivity contribution >= 4 is 0 Å². The maximum absolute atomic E-state index is 4.27. The van der Waals surface area contributed by atoms with Gasteiger partial charge in [-0.1, -0.05) is 33.1 Å². The predicted molar refractivity (Wildman–Crippen MR) is 84.7 cm³/mol. The second kappa shape index (κ2) is 7.82. The van der Waals surface area contributed by atoms with Crippen LogP contribution >= 0.6 is 0 Å². The van der Waals surface area contributed by atoms with Gasteiger partial charge in [-0.2, -0.15) is 5.10 Å². The van der Waals surface area contributed by atoms with Gasteiger partial charge in [-0.25, -0.2) is 0 Å². The molecule has 3 atom stereocenters. The minimum Gasteiger partial charge on any atom is -0.314 e. The number of aryl methyl sites for hydroxylation is 2. The van der Waals surface area contributed by atoms with E-state index < -0.39 is 0 Å². The third kappa shape index (κ3) is 4.08. The van der Waals surface area contributed by atoms with Crippen molar-refractivity contribution in [1.82, 2.24) is 15.1 Å². The molecule has 0 radical (unpaired) electrons. The summed E-state index contributed by atoms with van der Waals surface area (Å²) in [5.74, 6) is 1.84. The number of hydrogen-bond acceptors (Lipinski definition) is 2. The van der Waals surface area contributed by atoms with Crippen molar-refractivity contribution in [3.63, 3.8) is 0 Å². The maximum Gasteiger partial charge on any atom is 0.0492 e. The van der Waals surface area contributed by atoms with Crippen LogP contribution in [0.25, 0.3) is 0 Å². The first-order chi connectivity index (χ1) is 9.74. The molecule has 3 heteroatoms. The number of nitrogens with zero attached hydrogens (tertiary/aromatic N) is 2. The lowest BCUT2D eigenvalue weighted by molar-refractivity contribution is 0.203. The Hall–Kier alpha value is -0.830. The van der Waals surface area contributed by atoms with Crippen LogP contribution in [-0.2, 0) is 13.5 Å². The summed E-state index contributed by atoms with van der Waals surface area (Å²) in [6.45, 7) is 5.67. The Morgan fingerprint density at radius 3 is 2.90 bits per heavy atom. The second-order valence-corrected chi connectivity index (χ2v) is 6.35. The molecule has 3 unspecified atom stereocenters. The van der Waals surface area contributed by atoms with E-state index in [2.05, 4.69) is 30.3 Å². The first-order valence-electron chi connectivity index (χ1n) is 8.44. The molecule has 0 spiro atoms. The zero-order valence-electron chi connectivity index (χ0n) is 13.4. The van der Waals surface area contributed by atoms with Crippen LogP contribution in [0.4, 0.5) is 0 Å². The summed E-state index contributed by atoms with van der Waals surface area (Å²) in [4.78, 5) is 0. The highest BCUT2D eigenvalue weighted by molar-refractivity contribution is 5.01. The van der Waals surface area contributed by atoms with Gasteiger partial charge >= 0.3 is 0 Å². The molecule has 2 rings (SSSR count). The molecular weight excluding hydrogens is 246 g/mol. The quantitative estimate of drug-likeness (QED) is 0.826. The van der Waals surface area contributed by atoms with Crippen LogP contribution in [0.5, 0.6) is 0 Å². The van der Waals surface area contributed by atoms with E-state index in [1.807, 2.05) is 17.9 Å². The topological polar surface area (TPSA) is 29.9 Å². The van der Waals surface area contributed by atoms with Gasteiger partial charge in [0, 0.05) is 25.0 Å². The maximum atomic E-state index is 4.27. The average Bonchev–Trinajstić information content (AvgIpc) is 2.89. The number of rotatable bonds is 7. The minimum absolute atomic E-state index is 0.684. The van der Waals surface area contributed by atoms with Crippen LogP contribution in [-0.4, -0.2) is 22.4 Å². The van der Waals surface area contributed by atoms with Crippen LogP contribution in [0.15, 0.2) is 12.3 Å². The van der Waals surface area contributed by atoms with Gasteiger partial charge in [-0.15, -0.1) is 0 Å². The highest BCUT2D eigenvalue weighted by Gasteiger charge is 2.27. The van der Waals surface area contributed by atoms with Crippen molar-refractivity contribution < 1.29 is 0 Å². The van der Waals surface area contributed by atoms with Gasteiger partial charge in [0.15, 0.2) is 0 Å². The Labute approximate surface area is 124 Å². The Morgan fingerprint density at radius 2 is 2.25 bits per heavy atom. The van der Waals surface area contributed by atoms with Crippen LogP contribution in [0.1, 0.15) is 58.1 Å². The molecule has 1 aromatic rings. The third-order valence-corrected chi connectivity index (χ3v) is 5.07. The van der Waals surface area contributed by atoms with Gasteiger partial charge in [0.2, 0.25) is 0 Å². The molecule has 0 saturated heterocycles. The van der Waals surface area contributed by atoms with E-state index in [-0.39, 0.29) is 0 Å². The first-order valence-corrected chi connectivity index (χ1v) is 8.44. The summed E-state index contributed by atoms with van der Waals surface area (Å²) in [5, 5.41) is 8.02. The van der Waals surface area contributed by atoms with Gasteiger partial charge in [0.1, 0.15) is 0 Å². The molecule has 0 amide bonds. The summed E-state index contributed by atoms with van der Waals surface area (Å²) in [7, 11) is 2.05. The Kier molecular flexibility index (Phi) is 6.08. The van der Waals surface area contributed by atoms with E-state index >= 15 is 0 Å². The van der Waals surface area contributed by atoms with Crippen molar-refractivity contribution in [3.05, 3.63) is 18.0 Å². The lowest BCUT2D eigenvalue weighted by Gasteiger charge is -2.35. The number of hydrogen-bond donors (Lipinski definition) is 1. The Balaban J connectivity index is 1.90. The van der Waals surface area contributed by atoms with Crippen molar-refractivity contribution in [2.75, 3.05) is 6.54 Å². The predicted octanol–water partition coefficient (Wildman–Crippen LogP) is 3.55. The van der Waals surface area contributed by atoms with Gasteiger partial charge < -0.3 is 5.32 Å². The van der Waals surface area contributed by atoms with Crippen LogP contribution in [0.3, 0.4) is 0 Å². The summed E-state index contributed by atoms with van der Waals surface area (Å²) in [6.07, 6.45) is 11.4. The second-order valence-electron chi connectivity index (χ2n) is 6.35. The van der Waals surface area contributed by atoms with Crippen molar-refractivity contribution in [1.29, 1.82) is 0 Å².